The Hall–Kier alpha value is -0.570. The maximum absolute atomic E-state index is 9.45. The summed E-state index contributed by atoms with van der Waals surface area (Å²) in [5.41, 5.74) is 1.14. The van der Waals surface area contributed by atoms with Gasteiger partial charge in [0, 0.05) is 12.0 Å². The SMILES string of the molecule is O/N=C1/[C@H]2CC[C@@H](C2)[C@@H]1N1CCC[C@H]2CCCC[C@H]21. The Morgan fingerprint density at radius 2 is 1.79 bits per heavy atom. The summed E-state index contributed by atoms with van der Waals surface area (Å²) < 4.78 is 0. The maximum Gasteiger partial charge on any atom is 0.0775 e. The predicted octanol–water partition coefficient (Wildman–Crippen LogP) is 3.27. The van der Waals surface area contributed by atoms with Crippen molar-refractivity contribution in [2.24, 2.45) is 22.9 Å². The third-order valence-electron chi connectivity index (χ3n) is 6.40. The number of oxime groups is 1. The van der Waals surface area contributed by atoms with Crippen LogP contribution in [0.5, 0.6) is 0 Å². The molecule has 4 fully saturated rings. The molecule has 1 heterocycles. The fourth-order valence-corrected chi connectivity index (χ4v) is 5.64. The third kappa shape index (κ3) is 1.84. The molecule has 3 aliphatic carbocycles. The van der Waals surface area contributed by atoms with Gasteiger partial charge in [0.1, 0.15) is 0 Å². The second kappa shape index (κ2) is 4.76. The predicted molar refractivity (Wildman–Crippen MR) is 75.5 cm³/mol. The number of hydrogen-bond donors (Lipinski definition) is 1. The van der Waals surface area contributed by atoms with E-state index in [-0.39, 0.29) is 0 Å². The maximum atomic E-state index is 9.45. The molecule has 2 bridgehead atoms. The summed E-state index contributed by atoms with van der Waals surface area (Å²) in [6, 6.07) is 1.29. The zero-order valence-electron chi connectivity index (χ0n) is 11.8. The Morgan fingerprint density at radius 1 is 0.947 bits per heavy atom. The van der Waals surface area contributed by atoms with Crippen LogP contribution in [0.4, 0.5) is 0 Å². The summed E-state index contributed by atoms with van der Waals surface area (Å²) in [5, 5.41) is 13.2. The molecule has 0 unspecified atom stereocenters. The van der Waals surface area contributed by atoms with Crippen LogP contribution in [-0.2, 0) is 0 Å². The molecule has 0 amide bonds. The van der Waals surface area contributed by atoms with Crippen molar-refractivity contribution in [2.75, 3.05) is 6.54 Å². The normalized spacial score (nSPS) is 48.6. The number of rotatable bonds is 1. The molecule has 19 heavy (non-hydrogen) atoms. The van der Waals surface area contributed by atoms with E-state index in [1.54, 1.807) is 0 Å². The lowest BCUT2D eigenvalue weighted by Gasteiger charge is -2.48. The van der Waals surface area contributed by atoms with E-state index in [1.165, 1.54) is 64.3 Å². The van der Waals surface area contributed by atoms with Crippen LogP contribution in [0.2, 0.25) is 0 Å². The van der Waals surface area contributed by atoms with E-state index in [2.05, 4.69) is 10.1 Å². The van der Waals surface area contributed by atoms with Gasteiger partial charge in [-0.2, -0.15) is 0 Å². The fraction of sp³-hybridized carbons (Fsp3) is 0.938. The van der Waals surface area contributed by atoms with Crippen LogP contribution in [-0.4, -0.2) is 34.4 Å². The minimum absolute atomic E-state index is 0.495. The van der Waals surface area contributed by atoms with Crippen LogP contribution in [0.1, 0.15) is 57.8 Å². The molecule has 3 saturated carbocycles. The van der Waals surface area contributed by atoms with Crippen molar-refractivity contribution in [3.8, 4) is 0 Å². The van der Waals surface area contributed by atoms with Crippen LogP contribution >= 0.6 is 0 Å². The van der Waals surface area contributed by atoms with Gasteiger partial charge in [0.25, 0.3) is 0 Å². The summed E-state index contributed by atoms with van der Waals surface area (Å²) in [7, 11) is 0. The summed E-state index contributed by atoms with van der Waals surface area (Å²) in [4.78, 5) is 2.77. The second-order valence-electron chi connectivity index (χ2n) is 7.23. The van der Waals surface area contributed by atoms with Crippen molar-refractivity contribution < 1.29 is 5.21 Å². The van der Waals surface area contributed by atoms with Gasteiger partial charge in [-0.25, -0.2) is 0 Å². The van der Waals surface area contributed by atoms with Crippen molar-refractivity contribution in [3.63, 3.8) is 0 Å². The van der Waals surface area contributed by atoms with Gasteiger partial charge in [0.2, 0.25) is 0 Å². The van der Waals surface area contributed by atoms with Gasteiger partial charge in [-0.15, -0.1) is 0 Å². The van der Waals surface area contributed by atoms with E-state index in [0.717, 1.165) is 23.6 Å². The van der Waals surface area contributed by atoms with Crippen LogP contribution in [0, 0.1) is 17.8 Å². The molecule has 4 rings (SSSR count). The molecule has 106 valence electrons. The molecule has 1 N–H and O–H groups in total. The lowest BCUT2D eigenvalue weighted by molar-refractivity contribution is 0.0305. The topological polar surface area (TPSA) is 35.8 Å². The number of hydrogen-bond acceptors (Lipinski definition) is 3. The third-order valence-corrected chi connectivity index (χ3v) is 6.40. The second-order valence-corrected chi connectivity index (χ2v) is 7.23. The summed E-state index contributed by atoms with van der Waals surface area (Å²) >= 11 is 0. The van der Waals surface area contributed by atoms with E-state index in [0.29, 0.717) is 12.0 Å². The van der Waals surface area contributed by atoms with E-state index < -0.39 is 0 Å². The van der Waals surface area contributed by atoms with Gasteiger partial charge in [0.05, 0.1) is 11.8 Å². The smallest absolute Gasteiger partial charge is 0.0775 e. The van der Waals surface area contributed by atoms with Crippen molar-refractivity contribution in [2.45, 2.75) is 69.9 Å². The van der Waals surface area contributed by atoms with Gasteiger partial charge in [-0.05, 0) is 63.3 Å². The van der Waals surface area contributed by atoms with Crippen LogP contribution in [0.3, 0.4) is 0 Å². The molecule has 4 aliphatic rings. The Balaban J connectivity index is 1.60. The molecule has 0 spiro atoms. The molecule has 0 aromatic heterocycles. The Bertz CT molecular complexity index is 379. The molecule has 5 atom stereocenters. The van der Waals surface area contributed by atoms with Crippen LogP contribution in [0.25, 0.3) is 0 Å². The van der Waals surface area contributed by atoms with Gasteiger partial charge in [0.15, 0.2) is 0 Å². The minimum Gasteiger partial charge on any atom is -0.411 e. The fourth-order valence-electron chi connectivity index (χ4n) is 5.64. The lowest BCUT2D eigenvalue weighted by Crippen LogP contribution is -2.55. The quantitative estimate of drug-likeness (QED) is 0.581. The minimum atomic E-state index is 0.495. The molecular formula is C16H26N2O. The van der Waals surface area contributed by atoms with E-state index in [1.807, 2.05) is 0 Å². The van der Waals surface area contributed by atoms with Gasteiger partial charge in [-0.1, -0.05) is 18.0 Å². The number of likely N-dealkylation sites (tertiary alicyclic amines) is 1. The van der Waals surface area contributed by atoms with Crippen LogP contribution < -0.4 is 0 Å². The summed E-state index contributed by atoms with van der Waals surface area (Å²) in [5.74, 6) is 2.32. The zero-order valence-corrected chi connectivity index (χ0v) is 11.8. The van der Waals surface area contributed by atoms with E-state index in [9.17, 15) is 5.21 Å². The monoisotopic (exact) mass is 262 g/mol. The lowest BCUT2D eigenvalue weighted by atomic mass is 9.76. The first kappa shape index (κ1) is 12.2. The molecule has 1 saturated heterocycles. The largest absolute Gasteiger partial charge is 0.411 e. The van der Waals surface area contributed by atoms with Gasteiger partial charge >= 0.3 is 0 Å². The van der Waals surface area contributed by atoms with Crippen molar-refractivity contribution >= 4 is 5.71 Å². The average Bonchev–Trinajstić information content (AvgIpc) is 3.07. The molecule has 0 radical (unpaired) electrons. The Kier molecular flexibility index (Phi) is 3.06. The number of nitrogens with zero attached hydrogens (tertiary/aromatic N) is 2. The first-order valence-corrected chi connectivity index (χ1v) is 8.36. The van der Waals surface area contributed by atoms with Crippen molar-refractivity contribution in [1.29, 1.82) is 0 Å². The molecule has 0 aromatic carbocycles. The molecule has 0 aromatic rings. The highest BCUT2D eigenvalue weighted by atomic mass is 16.4. The van der Waals surface area contributed by atoms with E-state index >= 15 is 0 Å². The Labute approximate surface area is 116 Å². The zero-order chi connectivity index (χ0) is 12.8. The van der Waals surface area contributed by atoms with Gasteiger partial charge in [-0.3, -0.25) is 4.90 Å². The Morgan fingerprint density at radius 3 is 2.68 bits per heavy atom. The molecular weight excluding hydrogens is 236 g/mol. The standard InChI is InChI=1S/C16H26N2O/c19-17-15-12-7-8-13(10-12)16(15)18-9-3-5-11-4-1-2-6-14(11)18/h11-14,16,19H,1-10H2/b17-15-/t11-,12+,13+,14-,16+/m1/s1. The highest BCUT2D eigenvalue weighted by Crippen LogP contribution is 2.48. The van der Waals surface area contributed by atoms with Gasteiger partial charge < -0.3 is 5.21 Å². The van der Waals surface area contributed by atoms with E-state index in [4.69, 9.17) is 0 Å². The van der Waals surface area contributed by atoms with Crippen molar-refractivity contribution in [1.82, 2.24) is 4.90 Å². The average molecular weight is 262 g/mol. The molecule has 3 heteroatoms. The van der Waals surface area contributed by atoms with Crippen LogP contribution in [0.15, 0.2) is 5.16 Å². The highest BCUT2D eigenvalue weighted by molar-refractivity contribution is 5.94. The molecule has 3 nitrogen and oxygen atoms in total. The number of fused-ring (bicyclic) bond motifs is 3. The highest BCUT2D eigenvalue weighted by Gasteiger charge is 2.50. The number of piperidine rings is 1. The summed E-state index contributed by atoms with van der Waals surface area (Å²) in [6.45, 7) is 1.24. The van der Waals surface area contributed by atoms with Crippen molar-refractivity contribution in [3.05, 3.63) is 0 Å². The first-order valence-electron chi connectivity index (χ1n) is 8.36. The summed E-state index contributed by atoms with van der Waals surface area (Å²) in [6.07, 6.45) is 12.4. The first-order chi connectivity index (χ1) is 9.38. The molecule has 1 aliphatic heterocycles.